The number of carbonyl (C=O) groups is 1. The lowest BCUT2D eigenvalue weighted by molar-refractivity contribution is 0.0936. The van der Waals surface area contributed by atoms with Gasteiger partial charge in [0, 0.05) is 10.7 Å². The van der Waals surface area contributed by atoms with E-state index >= 15 is 0 Å². The molecule has 0 bridgehead atoms. The first-order valence-electron chi connectivity index (χ1n) is 6.08. The maximum Gasteiger partial charge on any atom is 0.254 e. The maximum absolute atomic E-state index is 13.7. The van der Waals surface area contributed by atoms with Crippen LogP contribution in [-0.4, -0.2) is 5.91 Å². The van der Waals surface area contributed by atoms with Crippen molar-refractivity contribution in [3.8, 4) is 0 Å². The van der Waals surface area contributed by atoms with Crippen LogP contribution in [0.1, 0.15) is 28.9 Å². The maximum atomic E-state index is 13.7. The zero-order valence-electron chi connectivity index (χ0n) is 10.9. The first-order valence-corrected chi connectivity index (χ1v) is 6.46. The SMILES string of the molecule is C[C@H](NC(=O)c1ccc(N)cc1F)c1cccc(Cl)c1. The Balaban J connectivity index is 2.15. The van der Waals surface area contributed by atoms with Crippen molar-refractivity contribution in [2.24, 2.45) is 0 Å². The standard InChI is InChI=1S/C15H14ClFN2O/c1-9(10-3-2-4-11(16)7-10)19-15(20)13-6-5-12(18)8-14(13)17/h2-9H,18H2,1H3,(H,19,20)/t9-/m0/s1. The highest BCUT2D eigenvalue weighted by atomic mass is 35.5. The smallest absolute Gasteiger partial charge is 0.254 e. The van der Waals surface area contributed by atoms with E-state index in [1.54, 1.807) is 25.1 Å². The molecule has 0 fully saturated rings. The summed E-state index contributed by atoms with van der Waals surface area (Å²) < 4.78 is 13.7. The van der Waals surface area contributed by atoms with Gasteiger partial charge in [-0.1, -0.05) is 23.7 Å². The van der Waals surface area contributed by atoms with Gasteiger partial charge in [0.25, 0.3) is 5.91 Å². The van der Waals surface area contributed by atoms with Crippen molar-refractivity contribution < 1.29 is 9.18 Å². The van der Waals surface area contributed by atoms with Crippen LogP contribution in [0.2, 0.25) is 5.02 Å². The van der Waals surface area contributed by atoms with E-state index < -0.39 is 11.7 Å². The summed E-state index contributed by atoms with van der Waals surface area (Å²) in [4.78, 5) is 12.0. The van der Waals surface area contributed by atoms with Crippen molar-refractivity contribution in [3.63, 3.8) is 0 Å². The van der Waals surface area contributed by atoms with Crippen molar-refractivity contribution >= 4 is 23.2 Å². The topological polar surface area (TPSA) is 55.1 Å². The van der Waals surface area contributed by atoms with Gasteiger partial charge in [0.1, 0.15) is 5.82 Å². The van der Waals surface area contributed by atoms with Crippen LogP contribution in [0, 0.1) is 5.82 Å². The predicted octanol–water partition coefficient (Wildman–Crippen LogP) is 3.55. The minimum Gasteiger partial charge on any atom is -0.399 e. The Hall–Kier alpha value is -2.07. The summed E-state index contributed by atoms with van der Waals surface area (Å²) in [6.07, 6.45) is 0. The summed E-state index contributed by atoms with van der Waals surface area (Å²) in [6.45, 7) is 1.80. The summed E-state index contributed by atoms with van der Waals surface area (Å²) in [5.74, 6) is -1.13. The predicted molar refractivity (Wildman–Crippen MR) is 78.1 cm³/mol. The van der Waals surface area contributed by atoms with Gasteiger partial charge in [-0.25, -0.2) is 4.39 Å². The Morgan fingerprint density at radius 2 is 2.05 bits per heavy atom. The van der Waals surface area contributed by atoms with E-state index in [4.69, 9.17) is 17.3 Å². The fourth-order valence-corrected chi connectivity index (χ4v) is 2.05. The number of nitrogen functional groups attached to an aromatic ring is 1. The lowest BCUT2D eigenvalue weighted by Crippen LogP contribution is -2.27. The third-order valence-electron chi connectivity index (χ3n) is 2.93. The monoisotopic (exact) mass is 292 g/mol. The zero-order valence-corrected chi connectivity index (χ0v) is 11.6. The number of benzene rings is 2. The molecule has 2 aromatic rings. The highest BCUT2D eigenvalue weighted by Gasteiger charge is 2.15. The molecule has 0 unspecified atom stereocenters. The van der Waals surface area contributed by atoms with E-state index in [0.717, 1.165) is 11.6 Å². The lowest BCUT2D eigenvalue weighted by Gasteiger charge is -2.15. The molecule has 0 saturated heterocycles. The number of hydrogen-bond donors (Lipinski definition) is 2. The van der Waals surface area contributed by atoms with Gasteiger partial charge in [0.05, 0.1) is 11.6 Å². The number of nitrogens with one attached hydrogen (secondary N) is 1. The average Bonchev–Trinajstić information content (AvgIpc) is 2.38. The van der Waals surface area contributed by atoms with Gasteiger partial charge >= 0.3 is 0 Å². The van der Waals surface area contributed by atoms with Crippen LogP contribution in [0.3, 0.4) is 0 Å². The summed E-state index contributed by atoms with van der Waals surface area (Å²) >= 11 is 5.90. The van der Waals surface area contributed by atoms with Crippen molar-refractivity contribution in [3.05, 3.63) is 64.4 Å². The Labute approximate surface area is 121 Å². The van der Waals surface area contributed by atoms with Crippen LogP contribution in [0.4, 0.5) is 10.1 Å². The molecular formula is C15H14ClFN2O. The molecule has 0 aliphatic heterocycles. The molecular weight excluding hydrogens is 279 g/mol. The van der Waals surface area contributed by atoms with Gasteiger partial charge in [0.15, 0.2) is 0 Å². The Bertz CT molecular complexity index is 646. The molecule has 0 saturated carbocycles. The van der Waals surface area contributed by atoms with Crippen LogP contribution < -0.4 is 11.1 Å². The second-order valence-corrected chi connectivity index (χ2v) is 4.93. The molecule has 1 atom stereocenters. The molecule has 0 spiro atoms. The first kappa shape index (κ1) is 14.3. The van der Waals surface area contributed by atoms with Crippen LogP contribution >= 0.6 is 11.6 Å². The molecule has 1 amide bonds. The van der Waals surface area contributed by atoms with Crippen molar-refractivity contribution in [1.82, 2.24) is 5.32 Å². The lowest BCUT2D eigenvalue weighted by atomic mass is 10.1. The number of nitrogens with two attached hydrogens (primary N) is 1. The number of rotatable bonds is 3. The van der Waals surface area contributed by atoms with E-state index in [0.29, 0.717) is 5.02 Å². The fraction of sp³-hybridized carbons (Fsp3) is 0.133. The van der Waals surface area contributed by atoms with Gasteiger partial charge < -0.3 is 11.1 Å². The van der Waals surface area contributed by atoms with Crippen molar-refractivity contribution in [2.75, 3.05) is 5.73 Å². The molecule has 0 aliphatic rings. The van der Waals surface area contributed by atoms with E-state index in [-0.39, 0.29) is 17.3 Å². The van der Waals surface area contributed by atoms with Crippen LogP contribution in [0.15, 0.2) is 42.5 Å². The number of hydrogen-bond acceptors (Lipinski definition) is 2. The Kier molecular flexibility index (Phi) is 4.25. The third kappa shape index (κ3) is 3.27. The first-order chi connectivity index (χ1) is 9.47. The van der Waals surface area contributed by atoms with Gasteiger partial charge in [-0.15, -0.1) is 0 Å². The molecule has 2 aromatic carbocycles. The summed E-state index contributed by atoms with van der Waals surface area (Å²) in [7, 11) is 0. The minimum absolute atomic E-state index is 0.0342. The number of anilines is 1. The van der Waals surface area contributed by atoms with E-state index in [1.165, 1.54) is 12.1 Å². The van der Waals surface area contributed by atoms with Crippen LogP contribution in [0.25, 0.3) is 0 Å². The van der Waals surface area contributed by atoms with Gasteiger partial charge in [-0.3, -0.25) is 4.79 Å². The van der Waals surface area contributed by atoms with E-state index in [9.17, 15) is 9.18 Å². The van der Waals surface area contributed by atoms with E-state index in [1.807, 2.05) is 6.07 Å². The van der Waals surface area contributed by atoms with Gasteiger partial charge in [-0.05, 0) is 42.8 Å². The highest BCUT2D eigenvalue weighted by molar-refractivity contribution is 6.30. The Morgan fingerprint density at radius 3 is 2.70 bits per heavy atom. The quantitative estimate of drug-likeness (QED) is 0.850. The number of carbonyl (C=O) groups excluding carboxylic acids is 1. The molecule has 5 heteroatoms. The van der Waals surface area contributed by atoms with Crippen molar-refractivity contribution in [1.29, 1.82) is 0 Å². The second kappa shape index (κ2) is 5.92. The summed E-state index contributed by atoms with van der Waals surface area (Å²) in [6, 6.07) is 10.8. The molecule has 104 valence electrons. The van der Waals surface area contributed by atoms with Gasteiger partial charge in [-0.2, -0.15) is 0 Å². The van der Waals surface area contributed by atoms with Gasteiger partial charge in [0.2, 0.25) is 0 Å². The fourth-order valence-electron chi connectivity index (χ4n) is 1.85. The zero-order chi connectivity index (χ0) is 14.7. The molecule has 20 heavy (non-hydrogen) atoms. The van der Waals surface area contributed by atoms with Crippen molar-refractivity contribution in [2.45, 2.75) is 13.0 Å². The molecule has 0 heterocycles. The normalized spacial score (nSPS) is 11.9. The molecule has 0 radical (unpaired) electrons. The highest BCUT2D eigenvalue weighted by Crippen LogP contribution is 2.18. The third-order valence-corrected chi connectivity index (χ3v) is 3.17. The minimum atomic E-state index is -0.638. The van der Waals surface area contributed by atoms with Crippen LogP contribution in [-0.2, 0) is 0 Å². The molecule has 2 rings (SSSR count). The summed E-state index contributed by atoms with van der Waals surface area (Å²) in [5, 5.41) is 3.31. The second-order valence-electron chi connectivity index (χ2n) is 4.49. The molecule has 0 aliphatic carbocycles. The largest absolute Gasteiger partial charge is 0.399 e. The molecule has 3 nitrogen and oxygen atoms in total. The Morgan fingerprint density at radius 1 is 1.30 bits per heavy atom. The van der Waals surface area contributed by atoms with Crippen LogP contribution in [0.5, 0.6) is 0 Å². The average molecular weight is 293 g/mol. The molecule has 3 N–H and O–H groups in total. The molecule has 0 aromatic heterocycles. The van der Waals surface area contributed by atoms with E-state index in [2.05, 4.69) is 5.32 Å². The summed E-state index contributed by atoms with van der Waals surface area (Å²) in [5.41, 5.74) is 6.54. The number of halogens is 2. The number of amides is 1.